The first-order valence-electron chi connectivity index (χ1n) is 10.1. The Morgan fingerprint density at radius 2 is 1.86 bits per heavy atom. The van der Waals surface area contributed by atoms with Crippen LogP contribution in [0.25, 0.3) is 0 Å². The van der Waals surface area contributed by atoms with Gasteiger partial charge in [0.2, 0.25) is 5.91 Å². The standard InChI is InChI=1S/C20H24F3N3O3/c21-20(22,23)16-3-4-17(18(12-16)26(28)29)24-5-7-25(8-6-24)19(27)11-15-10-13-1-2-14(15)9-13/h3-4,12-15H,1-2,5-11H2/t13-,14+,15-/m0/s1. The van der Waals surface area contributed by atoms with Gasteiger partial charge in [0.25, 0.3) is 5.69 Å². The van der Waals surface area contributed by atoms with Crippen molar-refractivity contribution in [3.8, 4) is 0 Å². The lowest BCUT2D eigenvalue weighted by Crippen LogP contribution is -2.49. The van der Waals surface area contributed by atoms with Crippen LogP contribution in [-0.2, 0) is 11.0 Å². The van der Waals surface area contributed by atoms with Crippen molar-refractivity contribution < 1.29 is 22.9 Å². The summed E-state index contributed by atoms with van der Waals surface area (Å²) in [5, 5.41) is 11.3. The van der Waals surface area contributed by atoms with Crippen LogP contribution in [0.2, 0.25) is 0 Å². The molecule has 0 N–H and O–H groups in total. The summed E-state index contributed by atoms with van der Waals surface area (Å²) < 4.78 is 38.7. The Morgan fingerprint density at radius 1 is 1.14 bits per heavy atom. The van der Waals surface area contributed by atoms with Crippen molar-refractivity contribution in [1.29, 1.82) is 0 Å². The first kappa shape index (κ1) is 20.0. The molecule has 0 spiro atoms. The molecule has 2 saturated carbocycles. The third-order valence-corrected chi connectivity index (χ3v) is 6.79. The van der Waals surface area contributed by atoms with E-state index < -0.39 is 22.4 Å². The Bertz CT molecular complexity index is 806. The summed E-state index contributed by atoms with van der Waals surface area (Å²) in [7, 11) is 0. The number of amides is 1. The second-order valence-corrected chi connectivity index (χ2v) is 8.47. The zero-order valence-electron chi connectivity index (χ0n) is 16.0. The fraction of sp³-hybridized carbons (Fsp3) is 0.650. The quantitative estimate of drug-likeness (QED) is 0.553. The Balaban J connectivity index is 1.39. The van der Waals surface area contributed by atoms with E-state index in [-0.39, 0.29) is 11.6 Å². The van der Waals surface area contributed by atoms with E-state index in [1.165, 1.54) is 19.3 Å². The van der Waals surface area contributed by atoms with Gasteiger partial charge in [-0.1, -0.05) is 6.42 Å². The molecule has 1 aromatic rings. The molecule has 1 aliphatic heterocycles. The molecule has 4 rings (SSSR count). The van der Waals surface area contributed by atoms with Crippen LogP contribution in [0.15, 0.2) is 18.2 Å². The lowest BCUT2D eigenvalue weighted by Gasteiger charge is -2.36. The second-order valence-electron chi connectivity index (χ2n) is 8.47. The van der Waals surface area contributed by atoms with Gasteiger partial charge in [0.1, 0.15) is 5.69 Å². The number of carbonyl (C=O) groups excluding carboxylic acids is 1. The highest BCUT2D eigenvalue weighted by molar-refractivity contribution is 5.77. The summed E-state index contributed by atoms with van der Waals surface area (Å²) in [5.41, 5.74) is -1.42. The summed E-state index contributed by atoms with van der Waals surface area (Å²) in [4.78, 5) is 26.7. The summed E-state index contributed by atoms with van der Waals surface area (Å²) in [6.07, 6.45) is 0.862. The van der Waals surface area contributed by atoms with Crippen molar-refractivity contribution >= 4 is 17.3 Å². The van der Waals surface area contributed by atoms with Crippen LogP contribution < -0.4 is 4.90 Å². The van der Waals surface area contributed by atoms with Gasteiger partial charge < -0.3 is 9.80 Å². The van der Waals surface area contributed by atoms with Crippen LogP contribution in [0.5, 0.6) is 0 Å². The molecule has 1 aromatic carbocycles. The lowest BCUT2D eigenvalue weighted by molar-refractivity contribution is -0.384. The molecule has 1 heterocycles. The van der Waals surface area contributed by atoms with Crippen molar-refractivity contribution in [2.75, 3.05) is 31.1 Å². The third kappa shape index (κ3) is 4.04. The minimum absolute atomic E-state index is 0.129. The van der Waals surface area contributed by atoms with Gasteiger partial charge in [0, 0.05) is 38.7 Å². The minimum Gasteiger partial charge on any atom is -0.362 e. The van der Waals surface area contributed by atoms with Crippen molar-refractivity contribution in [3.63, 3.8) is 0 Å². The molecule has 1 amide bonds. The molecular formula is C20H24F3N3O3. The molecule has 1 saturated heterocycles. The van der Waals surface area contributed by atoms with Gasteiger partial charge in [-0.05, 0) is 49.1 Å². The highest BCUT2D eigenvalue weighted by Gasteiger charge is 2.41. The van der Waals surface area contributed by atoms with Gasteiger partial charge in [-0.3, -0.25) is 14.9 Å². The Labute approximate surface area is 166 Å². The molecule has 0 aromatic heterocycles. The zero-order chi connectivity index (χ0) is 20.8. The fourth-order valence-electron chi connectivity index (χ4n) is 5.29. The Hall–Kier alpha value is -2.32. The number of piperazine rings is 1. The smallest absolute Gasteiger partial charge is 0.362 e. The van der Waals surface area contributed by atoms with Crippen LogP contribution in [0.3, 0.4) is 0 Å². The highest BCUT2D eigenvalue weighted by atomic mass is 19.4. The molecule has 9 heteroatoms. The first-order chi connectivity index (χ1) is 13.7. The molecule has 0 unspecified atom stereocenters. The molecule has 6 nitrogen and oxygen atoms in total. The summed E-state index contributed by atoms with van der Waals surface area (Å²) in [5.74, 6) is 2.08. The topological polar surface area (TPSA) is 66.7 Å². The number of halogens is 3. The van der Waals surface area contributed by atoms with Gasteiger partial charge in [0.05, 0.1) is 10.5 Å². The van der Waals surface area contributed by atoms with Gasteiger partial charge in [-0.15, -0.1) is 0 Å². The minimum atomic E-state index is -4.63. The van der Waals surface area contributed by atoms with E-state index in [2.05, 4.69) is 0 Å². The number of hydrogen-bond donors (Lipinski definition) is 0. The molecule has 29 heavy (non-hydrogen) atoms. The summed E-state index contributed by atoms with van der Waals surface area (Å²) in [6.45, 7) is 1.60. The number of alkyl halides is 3. The number of benzene rings is 1. The number of hydrogen-bond acceptors (Lipinski definition) is 4. The van der Waals surface area contributed by atoms with E-state index in [1.54, 1.807) is 9.80 Å². The number of nitro groups is 1. The molecule has 2 aliphatic carbocycles. The first-order valence-corrected chi connectivity index (χ1v) is 10.1. The molecule has 3 atom stereocenters. The van der Waals surface area contributed by atoms with Crippen molar-refractivity contribution in [1.82, 2.24) is 4.90 Å². The Kier molecular flexibility index (Phi) is 5.16. The number of carbonyl (C=O) groups is 1. The maximum atomic E-state index is 12.9. The predicted octanol–water partition coefficient (Wildman–Crippen LogP) is 4.09. The molecule has 3 fully saturated rings. The number of anilines is 1. The van der Waals surface area contributed by atoms with Gasteiger partial charge >= 0.3 is 6.18 Å². The number of nitro benzene ring substituents is 1. The average Bonchev–Trinajstić information content (AvgIpc) is 3.30. The lowest BCUT2D eigenvalue weighted by atomic mass is 9.86. The maximum Gasteiger partial charge on any atom is 0.416 e. The molecule has 3 aliphatic rings. The van der Waals surface area contributed by atoms with E-state index in [0.717, 1.165) is 24.5 Å². The number of fused-ring (bicyclic) bond motifs is 2. The molecular weight excluding hydrogens is 387 g/mol. The SMILES string of the molecule is O=C(C[C@@H]1C[C@H]2CC[C@@H]1C2)N1CCN(c2ccc(C(F)(F)F)cc2[N+](=O)[O-])CC1. The summed E-state index contributed by atoms with van der Waals surface area (Å²) >= 11 is 0. The van der Waals surface area contributed by atoms with Gasteiger partial charge in [-0.25, -0.2) is 0 Å². The van der Waals surface area contributed by atoms with Crippen molar-refractivity contribution in [3.05, 3.63) is 33.9 Å². The van der Waals surface area contributed by atoms with Crippen molar-refractivity contribution in [2.24, 2.45) is 17.8 Å². The van der Waals surface area contributed by atoms with Gasteiger partial charge in [-0.2, -0.15) is 13.2 Å². The normalized spacial score (nSPS) is 26.8. The van der Waals surface area contributed by atoms with Crippen LogP contribution in [0.1, 0.15) is 37.7 Å². The maximum absolute atomic E-state index is 12.9. The van der Waals surface area contributed by atoms with E-state index >= 15 is 0 Å². The number of rotatable bonds is 4. The van der Waals surface area contributed by atoms with Gasteiger partial charge in [0.15, 0.2) is 0 Å². The number of nitrogens with zero attached hydrogens (tertiary/aromatic N) is 3. The molecule has 0 radical (unpaired) electrons. The fourth-order valence-corrected chi connectivity index (χ4v) is 5.29. The van der Waals surface area contributed by atoms with E-state index in [1.807, 2.05) is 0 Å². The van der Waals surface area contributed by atoms with Crippen LogP contribution in [0.4, 0.5) is 24.5 Å². The van der Waals surface area contributed by atoms with Crippen LogP contribution >= 0.6 is 0 Å². The van der Waals surface area contributed by atoms with Crippen LogP contribution in [-0.4, -0.2) is 41.9 Å². The summed E-state index contributed by atoms with van der Waals surface area (Å²) in [6, 6.07) is 2.62. The monoisotopic (exact) mass is 411 g/mol. The van der Waals surface area contributed by atoms with E-state index in [9.17, 15) is 28.1 Å². The van der Waals surface area contributed by atoms with Crippen LogP contribution in [0, 0.1) is 27.9 Å². The largest absolute Gasteiger partial charge is 0.416 e. The zero-order valence-corrected chi connectivity index (χ0v) is 16.0. The molecule has 158 valence electrons. The average molecular weight is 411 g/mol. The van der Waals surface area contributed by atoms with E-state index in [4.69, 9.17) is 0 Å². The third-order valence-electron chi connectivity index (χ3n) is 6.79. The second kappa shape index (κ2) is 7.50. The van der Waals surface area contributed by atoms with Crippen molar-refractivity contribution in [2.45, 2.75) is 38.3 Å². The van der Waals surface area contributed by atoms with E-state index in [0.29, 0.717) is 50.5 Å². The Morgan fingerprint density at radius 3 is 2.41 bits per heavy atom. The molecule has 2 bridgehead atoms. The highest BCUT2D eigenvalue weighted by Crippen LogP contribution is 2.49. The predicted molar refractivity (Wildman–Crippen MR) is 100 cm³/mol.